The first kappa shape index (κ1) is 17.8. The molecule has 0 unspecified atom stereocenters. The first-order valence-corrected chi connectivity index (χ1v) is 9.70. The number of fused-ring (bicyclic) bond motifs is 1. The molecule has 128 valence electrons. The third kappa shape index (κ3) is 3.51. The van der Waals surface area contributed by atoms with Crippen molar-refractivity contribution in [2.24, 2.45) is 5.73 Å². The van der Waals surface area contributed by atoms with Gasteiger partial charge in [0.2, 0.25) is 0 Å². The summed E-state index contributed by atoms with van der Waals surface area (Å²) < 4.78 is 1.25. The highest BCUT2D eigenvalue weighted by Gasteiger charge is 2.21. The maximum Gasteiger partial charge on any atom is 0.0449 e. The number of thiophene rings is 1. The van der Waals surface area contributed by atoms with Crippen LogP contribution in [0, 0.1) is 0 Å². The van der Waals surface area contributed by atoms with Crippen LogP contribution in [-0.4, -0.2) is 0 Å². The van der Waals surface area contributed by atoms with E-state index in [9.17, 15) is 0 Å². The molecular formula is C22H22ClNS. The summed E-state index contributed by atoms with van der Waals surface area (Å²) in [5.74, 6) is 0. The van der Waals surface area contributed by atoms with Gasteiger partial charge in [-0.25, -0.2) is 0 Å². The number of hydrogen-bond acceptors (Lipinski definition) is 2. The summed E-state index contributed by atoms with van der Waals surface area (Å²) in [7, 11) is 0. The van der Waals surface area contributed by atoms with Crippen LogP contribution in [0.25, 0.3) is 21.2 Å². The first-order chi connectivity index (χ1) is 12.2. The molecule has 0 spiro atoms. The SMILES string of the molecule is C\C=C/C=C(\C(N)=C/C)c1c(C2=CCCC=C2Cl)sc2ccccc12. The minimum absolute atomic E-state index is 0.777. The Hall–Kier alpha value is -2.03. The molecule has 0 amide bonds. The summed E-state index contributed by atoms with van der Waals surface area (Å²) in [5, 5.41) is 2.06. The Morgan fingerprint density at radius 2 is 1.92 bits per heavy atom. The highest BCUT2D eigenvalue weighted by atomic mass is 35.5. The van der Waals surface area contributed by atoms with E-state index in [2.05, 4.69) is 42.5 Å². The van der Waals surface area contributed by atoms with E-state index in [1.807, 2.05) is 32.1 Å². The molecule has 0 aliphatic heterocycles. The van der Waals surface area contributed by atoms with Crippen LogP contribution in [0.4, 0.5) is 0 Å². The quantitative estimate of drug-likeness (QED) is 0.577. The molecule has 1 aliphatic carbocycles. The Labute approximate surface area is 158 Å². The van der Waals surface area contributed by atoms with Crippen molar-refractivity contribution in [2.45, 2.75) is 26.7 Å². The average Bonchev–Trinajstić information content (AvgIpc) is 3.01. The second kappa shape index (κ2) is 7.90. The summed E-state index contributed by atoms with van der Waals surface area (Å²) in [6.07, 6.45) is 14.5. The molecular weight excluding hydrogens is 346 g/mol. The van der Waals surface area contributed by atoms with Crippen molar-refractivity contribution >= 4 is 44.2 Å². The van der Waals surface area contributed by atoms with Gasteiger partial charge in [0.1, 0.15) is 0 Å². The minimum Gasteiger partial charge on any atom is -0.398 e. The van der Waals surface area contributed by atoms with Gasteiger partial charge in [-0.1, -0.05) is 66.3 Å². The molecule has 0 saturated carbocycles. The third-order valence-electron chi connectivity index (χ3n) is 4.28. The predicted octanol–water partition coefficient (Wildman–Crippen LogP) is 7.02. The standard InChI is InChI=1S/C22H22ClNS/c1-3-5-10-16(19(24)4-2)21-17-12-7-9-14-20(17)25-22(21)15-11-6-8-13-18(15)23/h3-5,7,9-14H,6,8,24H2,1-2H3/b5-3-,16-10+,19-4+. The third-order valence-corrected chi connectivity index (χ3v) is 5.84. The Balaban J connectivity index is 2.34. The van der Waals surface area contributed by atoms with Gasteiger partial charge in [-0.05, 0) is 32.8 Å². The molecule has 1 aromatic heterocycles. The molecule has 1 nitrogen and oxygen atoms in total. The molecule has 1 aliphatic rings. The topological polar surface area (TPSA) is 26.0 Å². The fraction of sp³-hybridized carbons (Fsp3) is 0.182. The number of allylic oxidation sites excluding steroid dienone is 9. The second-order valence-electron chi connectivity index (χ2n) is 5.90. The monoisotopic (exact) mass is 367 g/mol. The molecule has 0 bridgehead atoms. The van der Waals surface area contributed by atoms with Crippen LogP contribution >= 0.6 is 22.9 Å². The largest absolute Gasteiger partial charge is 0.398 e. The smallest absolute Gasteiger partial charge is 0.0449 e. The average molecular weight is 368 g/mol. The van der Waals surface area contributed by atoms with E-state index in [0.717, 1.165) is 34.7 Å². The minimum atomic E-state index is 0.777. The zero-order chi connectivity index (χ0) is 17.8. The zero-order valence-electron chi connectivity index (χ0n) is 14.6. The lowest BCUT2D eigenvalue weighted by Crippen LogP contribution is -2.02. The fourth-order valence-electron chi connectivity index (χ4n) is 3.02. The van der Waals surface area contributed by atoms with Crippen molar-refractivity contribution < 1.29 is 0 Å². The molecule has 2 aromatic rings. The highest BCUT2D eigenvalue weighted by Crippen LogP contribution is 2.45. The maximum absolute atomic E-state index is 6.56. The van der Waals surface area contributed by atoms with Crippen LogP contribution in [0.1, 0.15) is 37.1 Å². The molecule has 0 fully saturated rings. The van der Waals surface area contributed by atoms with Crippen LogP contribution in [0.5, 0.6) is 0 Å². The van der Waals surface area contributed by atoms with Crippen molar-refractivity contribution in [3.05, 3.63) is 81.9 Å². The van der Waals surface area contributed by atoms with Crippen molar-refractivity contribution in [1.82, 2.24) is 0 Å². The summed E-state index contributed by atoms with van der Waals surface area (Å²) >= 11 is 8.34. The Kier molecular flexibility index (Phi) is 5.62. The Bertz CT molecular complexity index is 938. The van der Waals surface area contributed by atoms with E-state index in [0.29, 0.717) is 0 Å². The van der Waals surface area contributed by atoms with E-state index >= 15 is 0 Å². The number of hydrogen-bond donors (Lipinski definition) is 1. The Morgan fingerprint density at radius 3 is 2.64 bits per heavy atom. The van der Waals surface area contributed by atoms with Crippen LogP contribution in [-0.2, 0) is 0 Å². The van der Waals surface area contributed by atoms with Crippen LogP contribution < -0.4 is 5.73 Å². The molecule has 1 heterocycles. The molecule has 0 atom stereocenters. The van der Waals surface area contributed by atoms with Gasteiger partial charge >= 0.3 is 0 Å². The van der Waals surface area contributed by atoms with E-state index in [1.54, 1.807) is 11.3 Å². The van der Waals surface area contributed by atoms with Crippen LogP contribution in [0.3, 0.4) is 0 Å². The molecule has 25 heavy (non-hydrogen) atoms. The van der Waals surface area contributed by atoms with Gasteiger partial charge < -0.3 is 5.73 Å². The second-order valence-corrected chi connectivity index (χ2v) is 7.36. The van der Waals surface area contributed by atoms with Gasteiger partial charge in [-0.2, -0.15) is 0 Å². The molecule has 3 heteroatoms. The predicted molar refractivity (Wildman–Crippen MR) is 114 cm³/mol. The van der Waals surface area contributed by atoms with Gasteiger partial charge in [0.05, 0.1) is 0 Å². The van der Waals surface area contributed by atoms with Gasteiger partial charge in [0.25, 0.3) is 0 Å². The lowest BCUT2D eigenvalue weighted by Gasteiger charge is -2.14. The summed E-state index contributed by atoms with van der Waals surface area (Å²) in [6.45, 7) is 3.98. The van der Waals surface area contributed by atoms with Gasteiger partial charge in [0.15, 0.2) is 0 Å². The fourth-order valence-corrected chi connectivity index (χ4v) is 4.63. The first-order valence-electron chi connectivity index (χ1n) is 8.51. The summed E-state index contributed by atoms with van der Waals surface area (Å²) in [5.41, 5.74) is 10.5. The van der Waals surface area contributed by atoms with Crippen molar-refractivity contribution in [2.75, 3.05) is 0 Å². The van der Waals surface area contributed by atoms with Gasteiger partial charge in [-0.3, -0.25) is 0 Å². The lowest BCUT2D eigenvalue weighted by molar-refractivity contribution is 1.04. The molecule has 0 radical (unpaired) electrons. The molecule has 0 saturated heterocycles. The zero-order valence-corrected chi connectivity index (χ0v) is 16.1. The summed E-state index contributed by atoms with van der Waals surface area (Å²) in [4.78, 5) is 1.20. The van der Waals surface area contributed by atoms with Crippen LogP contribution in [0.15, 0.2) is 71.5 Å². The Morgan fingerprint density at radius 1 is 1.16 bits per heavy atom. The summed E-state index contributed by atoms with van der Waals surface area (Å²) in [6, 6.07) is 8.48. The maximum atomic E-state index is 6.56. The van der Waals surface area contributed by atoms with Crippen LogP contribution in [0.2, 0.25) is 0 Å². The number of halogens is 1. The van der Waals surface area contributed by atoms with Crippen molar-refractivity contribution in [3.63, 3.8) is 0 Å². The van der Waals surface area contributed by atoms with E-state index in [4.69, 9.17) is 17.3 Å². The number of benzene rings is 1. The van der Waals surface area contributed by atoms with E-state index in [-0.39, 0.29) is 0 Å². The molecule has 2 N–H and O–H groups in total. The molecule has 3 rings (SSSR count). The van der Waals surface area contributed by atoms with E-state index in [1.165, 1.54) is 20.5 Å². The number of nitrogens with two attached hydrogens (primary N) is 1. The lowest BCUT2D eigenvalue weighted by atomic mass is 9.94. The van der Waals surface area contributed by atoms with Crippen molar-refractivity contribution in [3.8, 4) is 0 Å². The normalized spacial score (nSPS) is 16.4. The number of rotatable bonds is 4. The highest BCUT2D eigenvalue weighted by molar-refractivity contribution is 7.20. The molecule has 1 aromatic carbocycles. The van der Waals surface area contributed by atoms with E-state index < -0.39 is 0 Å². The van der Waals surface area contributed by atoms with Gasteiger partial charge in [0, 0.05) is 42.4 Å². The van der Waals surface area contributed by atoms with Crippen molar-refractivity contribution in [1.29, 1.82) is 0 Å². The van der Waals surface area contributed by atoms with Gasteiger partial charge in [-0.15, -0.1) is 11.3 Å².